The van der Waals surface area contributed by atoms with Crippen LogP contribution in [0.5, 0.6) is 0 Å². The van der Waals surface area contributed by atoms with Crippen LogP contribution >= 0.6 is 11.3 Å². The molecular formula is C10H8RuS+. The number of thiophene rings is 1. The Balaban J connectivity index is 2.42. The third-order valence-corrected chi connectivity index (χ3v) is 3.21. The predicted molar refractivity (Wildman–Crippen MR) is 50.1 cm³/mol. The summed E-state index contributed by atoms with van der Waals surface area (Å²) in [6.07, 6.45) is 4.62. The second-order valence-electron chi connectivity index (χ2n) is 2.74. The molecule has 2 heteroatoms. The molecule has 1 heterocycles. The van der Waals surface area contributed by atoms with Gasteiger partial charge >= 0.3 is 85.9 Å². The molecule has 0 atom stereocenters. The molecule has 12 heavy (non-hydrogen) atoms. The van der Waals surface area contributed by atoms with Crippen LogP contribution in [0.2, 0.25) is 0 Å². The van der Waals surface area contributed by atoms with Crippen LogP contribution in [0.25, 0.3) is 5.57 Å². The van der Waals surface area contributed by atoms with Gasteiger partial charge in [0.1, 0.15) is 0 Å². The van der Waals surface area contributed by atoms with Crippen LogP contribution in [-0.2, 0) is 17.9 Å². The molecule has 0 nitrogen and oxygen atoms in total. The van der Waals surface area contributed by atoms with Crippen LogP contribution in [0.15, 0.2) is 28.5 Å². The first-order valence-electron chi connectivity index (χ1n) is 3.86. The van der Waals surface area contributed by atoms with Crippen LogP contribution < -0.4 is 0 Å². The summed E-state index contributed by atoms with van der Waals surface area (Å²) in [7, 11) is 0. The molecule has 1 aliphatic rings. The van der Waals surface area contributed by atoms with Gasteiger partial charge in [-0.2, -0.15) is 0 Å². The van der Waals surface area contributed by atoms with E-state index in [9.17, 15) is 0 Å². The van der Waals surface area contributed by atoms with Crippen LogP contribution in [0.1, 0.15) is 18.4 Å². The van der Waals surface area contributed by atoms with Crippen molar-refractivity contribution < 1.29 is 17.9 Å². The molecule has 2 rings (SSSR count). The van der Waals surface area contributed by atoms with Gasteiger partial charge in [-0.1, -0.05) is 0 Å². The van der Waals surface area contributed by atoms with Crippen molar-refractivity contribution in [2.24, 2.45) is 0 Å². The van der Waals surface area contributed by atoms with E-state index in [1.54, 1.807) is 11.3 Å². The van der Waals surface area contributed by atoms with E-state index in [-0.39, 0.29) is 0 Å². The van der Waals surface area contributed by atoms with E-state index in [0.29, 0.717) is 0 Å². The van der Waals surface area contributed by atoms with Crippen molar-refractivity contribution in [3.05, 3.63) is 34.0 Å². The van der Waals surface area contributed by atoms with Gasteiger partial charge in [0.05, 0.1) is 0 Å². The zero-order valence-electron chi connectivity index (χ0n) is 6.49. The quantitative estimate of drug-likeness (QED) is 0.682. The zero-order valence-corrected chi connectivity index (χ0v) is 9.04. The first-order chi connectivity index (χ1) is 5.92. The van der Waals surface area contributed by atoms with E-state index >= 15 is 0 Å². The second-order valence-corrected chi connectivity index (χ2v) is 3.95. The number of hydrogen-bond acceptors (Lipinski definition) is 1. The Morgan fingerprint density at radius 3 is 3.08 bits per heavy atom. The van der Waals surface area contributed by atoms with Crippen LogP contribution in [-0.4, -0.2) is 4.26 Å². The summed E-state index contributed by atoms with van der Waals surface area (Å²) in [5, 5.41) is 4.32. The zero-order chi connectivity index (χ0) is 8.39. The Morgan fingerprint density at radius 2 is 2.42 bits per heavy atom. The van der Waals surface area contributed by atoms with Crippen molar-refractivity contribution in [2.45, 2.75) is 12.8 Å². The molecule has 61 valence electrons. The molecular weight excluding hydrogens is 253 g/mol. The summed E-state index contributed by atoms with van der Waals surface area (Å²) in [6, 6.07) is 2.17. The molecule has 0 fully saturated rings. The summed E-state index contributed by atoms with van der Waals surface area (Å²) in [5.41, 5.74) is 4.09. The fourth-order valence-electron chi connectivity index (χ4n) is 1.42. The fourth-order valence-corrected chi connectivity index (χ4v) is 2.53. The van der Waals surface area contributed by atoms with Crippen molar-refractivity contribution in [1.82, 2.24) is 0 Å². The molecule has 0 aliphatic heterocycles. The number of allylic oxidation sites excluding steroid dienone is 3. The predicted octanol–water partition coefficient (Wildman–Crippen LogP) is 2.80. The second kappa shape index (κ2) is 3.62. The molecule has 1 aliphatic carbocycles. The van der Waals surface area contributed by atoms with E-state index < -0.39 is 0 Å². The summed E-state index contributed by atoms with van der Waals surface area (Å²) in [4.78, 5) is 0. The Bertz CT molecular complexity index is 353. The Kier molecular flexibility index (Phi) is 2.51. The van der Waals surface area contributed by atoms with Crippen molar-refractivity contribution in [3.8, 4) is 0 Å². The summed E-state index contributed by atoms with van der Waals surface area (Å²) in [5.74, 6) is 0. The minimum absolute atomic E-state index is 1.15. The Labute approximate surface area is 85.8 Å². The molecule has 0 radical (unpaired) electrons. The van der Waals surface area contributed by atoms with Gasteiger partial charge < -0.3 is 0 Å². The summed E-state index contributed by atoms with van der Waals surface area (Å²) >= 11 is 4.23. The molecule has 0 spiro atoms. The van der Waals surface area contributed by atoms with Crippen LogP contribution in [0.4, 0.5) is 0 Å². The van der Waals surface area contributed by atoms with Gasteiger partial charge in [0.25, 0.3) is 0 Å². The number of hydrogen-bond donors (Lipinski definition) is 0. The third-order valence-electron chi connectivity index (χ3n) is 2.01. The average Bonchev–Trinajstić information content (AvgIpc) is 2.74. The van der Waals surface area contributed by atoms with E-state index in [2.05, 4.69) is 45.0 Å². The van der Waals surface area contributed by atoms with Gasteiger partial charge in [-0.15, -0.1) is 0 Å². The molecule has 0 saturated heterocycles. The molecule has 0 N–H and O–H groups in total. The normalized spacial score (nSPS) is 16.0. The monoisotopic (exact) mass is 262 g/mol. The number of rotatable bonds is 1. The SMILES string of the molecule is [Ru+]=[C]=C1CCC=C1c1ccsc1. The fraction of sp³-hybridized carbons (Fsp3) is 0.200. The van der Waals surface area contributed by atoms with E-state index in [1.807, 2.05) is 0 Å². The van der Waals surface area contributed by atoms with E-state index in [0.717, 1.165) is 6.42 Å². The van der Waals surface area contributed by atoms with Gasteiger partial charge in [0, 0.05) is 0 Å². The van der Waals surface area contributed by atoms with E-state index in [4.69, 9.17) is 0 Å². The average molecular weight is 261 g/mol. The van der Waals surface area contributed by atoms with Gasteiger partial charge in [0.15, 0.2) is 0 Å². The minimum atomic E-state index is 1.15. The summed E-state index contributed by atoms with van der Waals surface area (Å²) < 4.78 is 3.19. The van der Waals surface area contributed by atoms with Gasteiger partial charge in [-0.05, 0) is 0 Å². The van der Waals surface area contributed by atoms with Gasteiger partial charge in [-0.25, -0.2) is 0 Å². The topological polar surface area (TPSA) is 0 Å². The molecule has 0 unspecified atom stereocenters. The Hall–Kier alpha value is -0.287. The van der Waals surface area contributed by atoms with Gasteiger partial charge in [-0.3, -0.25) is 0 Å². The van der Waals surface area contributed by atoms with Crippen molar-refractivity contribution >= 4 is 21.2 Å². The van der Waals surface area contributed by atoms with Gasteiger partial charge in [0.2, 0.25) is 0 Å². The summed E-state index contributed by atoms with van der Waals surface area (Å²) in [6.45, 7) is 0. The van der Waals surface area contributed by atoms with Crippen molar-refractivity contribution in [2.75, 3.05) is 0 Å². The molecule has 0 amide bonds. The molecule has 0 bridgehead atoms. The maximum atomic E-state index is 3.19. The first-order valence-corrected chi connectivity index (χ1v) is 5.67. The van der Waals surface area contributed by atoms with Crippen LogP contribution in [0.3, 0.4) is 0 Å². The first kappa shape index (κ1) is 8.32. The van der Waals surface area contributed by atoms with Crippen LogP contribution in [0, 0.1) is 0 Å². The molecule has 0 saturated carbocycles. The maximum absolute atomic E-state index is 3.19. The van der Waals surface area contributed by atoms with Crippen molar-refractivity contribution in [3.63, 3.8) is 0 Å². The molecule has 0 aromatic carbocycles. The standard InChI is InChI=1S/C10H8S.Ru/c1-8-3-2-4-10(8)9-5-6-11-7-9;/h4-7H,2-3H2;/q;+1. The van der Waals surface area contributed by atoms with Crippen molar-refractivity contribution in [1.29, 1.82) is 0 Å². The third kappa shape index (κ3) is 1.43. The molecule has 1 aromatic heterocycles. The molecule has 1 aromatic rings. The Morgan fingerprint density at radius 1 is 1.50 bits per heavy atom. The van der Waals surface area contributed by atoms with E-state index in [1.165, 1.54) is 23.1 Å².